The molecule has 23 heavy (non-hydrogen) atoms. The molecule has 0 fully saturated rings. The van der Waals surface area contributed by atoms with Crippen molar-refractivity contribution < 1.29 is 13.8 Å². The van der Waals surface area contributed by atoms with Crippen molar-refractivity contribution in [1.29, 1.82) is 0 Å². The van der Waals surface area contributed by atoms with Crippen molar-refractivity contribution in [2.45, 2.75) is 79.1 Å². The van der Waals surface area contributed by atoms with Crippen LogP contribution >= 0.6 is 24.1 Å². The predicted octanol–water partition coefficient (Wildman–Crippen LogP) is 7.12. The maximum atomic E-state index is 9.14. The topological polar surface area (TPSA) is 49.7 Å². The number of hydrogen-bond acceptors (Lipinski definition) is 5. The summed E-state index contributed by atoms with van der Waals surface area (Å²) in [6.45, 7) is 8.45. The van der Waals surface area contributed by atoms with Crippen LogP contribution in [0.3, 0.4) is 0 Å². The Kier molecular flexibility index (Phi) is 15.4. The highest BCUT2D eigenvalue weighted by Gasteiger charge is 2.11. The quantitative estimate of drug-likeness (QED) is 0.196. The molecule has 136 valence electrons. The third-order valence-corrected chi connectivity index (χ3v) is 4.90. The van der Waals surface area contributed by atoms with E-state index in [1.54, 1.807) is 0 Å². The van der Waals surface area contributed by atoms with Gasteiger partial charge in [0, 0.05) is 24.3 Å². The summed E-state index contributed by atoms with van der Waals surface area (Å²) in [5.74, 6) is 3.15. The molecule has 0 saturated heterocycles. The van der Waals surface area contributed by atoms with Gasteiger partial charge in [0.15, 0.2) is 0 Å². The van der Waals surface area contributed by atoms with Crippen LogP contribution in [0, 0.1) is 0 Å². The second-order valence-electron chi connectivity index (χ2n) is 5.97. The van der Waals surface area contributed by atoms with Crippen LogP contribution in [0.2, 0.25) is 0 Å². The fraction of sp³-hybridized carbons (Fsp3) is 0.778. The molecule has 5 heteroatoms. The Labute approximate surface area is 151 Å². The van der Waals surface area contributed by atoms with Gasteiger partial charge in [-0.05, 0) is 61.9 Å². The first-order chi connectivity index (χ1) is 11.1. The Bertz CT molecular complexity index is 331. The average Bonchev–Trinajstić information content (AvgIpc) is 2.53. The fourth-order valence-electron chi connectivity index (χ4n) is 2.28. The standard InChI is InChI=1S/C18H34O3S2/c1-5-7-9-11-17(15(3)13-22-19)21-18(12-10-8-6-2)16(4)14-23-20/h19-20H,5-14H2,1-4H3. The minimum absolute atomic E-state index is 0.581. The molecular formula is C18H34O3S2. The molecule has 0 aliphatic carbocycles. The van der Waals surface area contributed by atoms with Gasteiger partial charge in [-0.15, -0.1) is 0 Å². The second-order valence-corrected chi connectivity index (χ2v) is 7.06. The summed E-state index contributed by atoms with van der Waals surface area (Å²) < 4.78 is 24.6. The monoisotopic (exact) mass is 362 g/mol. The molecule has 0 spiro atoms. The van der Waals surface area contributed by atoms with Crippen LogP contribution in [0.5, 0.6) is 0 Å². The molecule has 0 aromatic rings. The molecule has 0 unspecified atom stereocenters. The molecule has 0 saturated carbocycles. The molecule has 0 bridgehead atoms. The summed E-state index contributed by atoms with van der Waals surface area (Å²) in [6, 6.07) is 0. The van der Waals surface area contributed by atoms with Gasteiger partial charge in [-0.1, -0.05) is 39.5 Å². The van der Waals surface area contributed by atoms with E-state index in [4.69, 9.17) is 13.8 Å². The summed E-state index contributed by atoms with van der Waals surface area (Å²) in [6.07, 6.45) is 8.78. The van der Waals surface area contributed by atoms with Gasteiger partial charge in [0.25, 0.3) is 0 Å². The van der Waals surface area contributed by atoms with E-state index in [2.05, 4.69) is 13.8 Å². The molecule has 0 radical (unpaired) electrons. The van der Waals surface area contributed by atoms with Gasteiger partial charge < -0.3 is 13.8 Å². The van der Waals surface area contributed by atoms with Crippen molar-refractivity contribution in [2.24, 2.45) is 0 Å². The number of hydrogen-bond donors (Lipinski definition) is 2. The summed E-state index contributed by atoms with van der Waals surface area (Å²) in [4.78, 5) is 0. The highest BCUT2D eigenvalue weighted by atomic mass is 32.2. The Morgan fingerprint density at radius 2 is 1.13 bits per heavy atom. The van der Waals surface area contributed by atoms with E-state index in [9.17, 15) is 0 Å². The van der Waals surface area contributed by atoms with Crippen LogP contribution < -0.4 is 0 Å². The van der Waals surface area contributed by atoms with Gasteiger partial charge in [-0.2, -0.15) is 0 Å². The third kappa shape index (κ3) is 11.1. The highest BCUT2D eigenvalue weighted by molar-refractivity contribution is 7.94. The molecule has 0 amide bonds. The first-order valence-corrected chi connectivity index (χ1v) is 10.6. The van der Waals surface area contributed by atoms with Crippen molar-refractivity contribution in [3.8, 4) is 0 Å². The largest absolute Gasteiger partial charge is 0.466 e. The van der Waals surface area contributed by atoms with Crippen LogP contribution in [0.4, 0.5) is 0 Å². The summed E-state index contributed by atoms with van der Waals surface area (Å²) >= 11 is 1.69. The average molecular weight is 363 g/mol. The fourth-order valence-corrected chi connectivity index (χ4v) is 2.99. The molecule has 0 aliphatic heterocycles. The van der Waals surface area contributed by atoms with Gasteiger partial charge in [0.05, 0.1) is 0 Å². The SMILES string of the molecule is CCCCCC(OC(CCCCC)=C(C)CSO)=C(C)CSO. The third-order valence-electron chi connectivity index (χ3n) is 3.78. The van der Waals surface area contributed by atoms with Crippen LogP contribution in [-0.2, 0) is 4.74 Å². The first-order valence-electron chi connectivity index (χ1n) is 8.68. The van der Waals surface area contributed by atoms with Crippen molar-refractivity contribution in [2.75, 3.05) is 11.5 Å². The molecule has 0 aliphatic rings. The molecule has 2 N–H and O–H groups in total. The van der Waals surface area contributed by atoms with Crippen molar-refractivity contribution in [1.82, 2.24) is 0 Å². The van der Waals surface area contributed by atoms with Crippen LogP contribution in [0.15, 0.2) is 22.7 Å². The van der Waals surface area contributed by atoms with Gasteiger partial charge in [-0.25, -0.2) is 0 Å². The predicted molar refractivity (Wildman–Crippen MR) is 105 cm³/mol. The van der Waals surface area contributed by atoms with Crippen molar-refractivity contribution in [3.05, 3.63) is 22.7 Å². The van der Waals surface area contributed by atoms with E-state index in [1.165, 1.54) is 25.7 Å². The number of unbranched alkanes of at least 4 members (excludes halogenated alkanes) is 4. The molecule has 3 nitrogen and oxygen atoms in total. The second kappa shape index (κ2) is 15.4. The maximum absolute atomic E-state index is 9.14. The molecular weight excluding hydrogens is 328 g/mol. The van der Waals surface area contributed by atoms with Crippen LogP contribution in [-0.4, -0.2) is 20.6 Å². The van der Waals surface area contributed by atoms with Gasteiger partial charge in [-0.3, -0.25) is 0 Å². The van der Waals surface area contributed by atoms with E-state index >= 15 is 0 Å². The Morgan fingerprint density at radius 1 is 0.739 bits per heavy atom. The summed E-state index contributed by atoms with van der Waals surface area (Å²) in [5.41, 5.74) is 2.21. The molecule has 0 rings (SSSR count). The van der Waals surface area contributed by atoms with E-state index in [0.717, 1.165) is 72.4 Å². The number of allylic oxidation sites excluding steroid dienone is 2. The lowest BCUT2D eigenvalue weighted by Gasteiger charge is -2.18. The zero-order valence-corrected chi connectivity index (χ0v) is 16.8. The normalized spacial score (nSPS) is 13.7. The number of ether oxygens (including phenoxy) is 1. The molecule has 0 aromatic heterocycles. The summed E-state index contributed by atoms with van der Waals surface area (Å²) in [7, 11) is 0. The van der Waals surface area contributed by atoms with E-state index in [0.29, 0.717) is 11.5 Å². The zero-order valence-electron chi connectivity index (χ0n) is 15.2. The van der Waals surface area contributed by atoms with Crippen LogP contribution in [0.1, 0.15) is 79.1 Å². The van der Waals surface area contributed by atoms with Gasteiger partial charge >= 0.3 is 0 Å². The highest BCUT2D eigenvalue weighted by Crippen LogP contribution is 2.26. The molecule has 0 heterocycles. The minimum atomic E-state index is 0.581. The smallest absolute Gasteiger partial charge is 0.103 e. The zero-order chi connectivity index (χ0) is 17.5. The molecule has 0 atom stereocenters. The van der Waals surface area contributed by atoms with Crippen LogP contribution in [0.25, 0.3) is 0 Å². The van der Waals surface area contributed by atoms with E-state index in [1.807, 2.05) is 13.8 Å². The van der Waals surface area contributed by atoms with Gasteiger partial charge in [0.1, 0.15) is 11.5 Å². The lowest BCUT2D eigenvalue weighted by molar-refractivity contribution is 0.262. The summed E-state index contributed by atoms with van der Waals surface area (Å²) in [5, 5.41) is 0. The lowest BCUT2D eigenvalue weighted by atomic mass is 10.1. The van der Waals surface area contributed by atoms with Gasteiger partial charge in [0.2, 0.25) is 0 Å². The lowest BCUT2D eigenvalue weighted by Crippen LogP contribution is -2.03. The Hall–Kier alpha value is -0.100. The Morgan fingerprint density at radius 3 is 1.43 bits per heavy atom. The first kappa shape index (κ1) is 22.9. The molecule has 0 aromatic carbocycles. The van der Waals surface area contributed by atoms with E-state index < -0.39 is 0 Å². The Balaban J connectivity index is 5.08. The van der Waals surface area contributed by atoms with Crippen molar-refractivity contribution >= 4 is 24.1 Å². The van der Waals surface area contributed by atoms with E-state index in [-0.39, 0.29) is 0 Å². The maximum Gasteiger partial charge on any atom is 0.103 e. The minimum Gasteiger partial charge on any atom is -0.466 e. The number of rotatable bonds is 14. The van der Waals surface area contributed by atoms with Crippen molar-refractivity contribution in [3.63, 3.8) is 0 Å².